The average Bonchev–Trinajstić information content (AvgIpc) is 2.38. The SMILES string of the molecule is CCCC(C(=O)OCC)C(=O)c1cc(Cl)ccc1F. The highest BCUT2D eigenvalue weighted by Gasteiger charge is 2.29. The molecule has 19 heavy (non-hydrogen) atoms. The van der Waals surface area contributed by atoms with Crippen molar-refractivity contribution >= 4 is 23.4 Å². The minimum atomic E-state index is -0.974. The fourth-order valence-electron chi connectivity index (χ4n) is 1.76. The molecule has 0 aliphatic rings. The van der Waals surface area contributed by atoms with Gasteiger partial charge in [0, 0.05) is 5.02 Å². The molecule has 0 heterocycles. The van der Waals surface area contributed by atoms with E-state index in [2.05, 4.69) is 0 Å². The number of hydrogen-bond acceptors (Lipinski definition) is 3. The van der Waals surface area contributed by atoms with Crippen LogP contribution in [-0.2, 0) is 9.53 Å². The Morgan fingerprint density at radius 1 is 1.37 bits per heavy atom. The number of rotatable bonds is 6. The summed E-state index contributed by atoms with van der Waals surface area (Å²) in [7, 11) is 0. The molecule has 104 valence electrons. The van der Waals surface area contributed by atoms with E-state index >= 15 is 0 Å². The molecule has 0 aromatic heterocycles. The molecule has 0 saturated heterocycles. The van der Waals surface area contributed by atoms with Crippen molar-refractivity contribution < 1.29 is 18.7 Å². The Kier molecular flexibility index (Phi) is 5.96. The van der Waals surface area contributed by atoms with Crippen LogP contribution in [0.1, 0.15) is 37.0 Å². The van der Waals surface area contributed by atoms with Crippen LogP contribution in [-0.4, -0.2) is 18.4 Å². The maximum absolute atomic E-state index is 13.6. The first-order valence-corrected chi connectivity index (χ1v) is 6.54. The van der Waals surface area contributed by atoms with Gasteiger partial charge in [0.05, 0.1) is 12.2 Å². The molecule has 1 rings (SSSR count). The van der Waals surface area contributed by atoms with Crippen LogP contribution in [0, 0.1) is 11.7 Å². The zero-order valence-corrected chi connectivity index (χ0v) is 11.7. The van der Waals surface area contributed by atoms with E-state index in [9.17, 15) is 14.0 Å². The predicted octanol–water partition coefficient (Wildman–Crippen LogP) is 3.64. The van der Waals surface area contributed by atoms with Gasteiger partial charge in [-0.2, -0.15) is 0 Å². The molecule has 0 spiro atoms. The van der Waals surface area contributed by atoms with E-state index in [1.165, 1.54) is 12.1 Å². The van der Waals surface area contributed by atoms with Crippen molar-refractivity contribution in [3.63, 3.8) is 0 Å². The number of esters is 1. The molecule has 0 bridgehead atoms. The molecule has 0 radical (unpaired) electrons. The van der Waals surface area contributed by atoms with Crippen LogP contribution in [0.25, 0.3) is 0 Å². The molecule has 1 unspecified atom stereocenters. The highest BCUT2D eigenvalue weighted by Crippen LogP contribution is 2.21. The van der Waals surface area contributed by atoms with Gasteiger partial charge in [-0.25, -0.2) is 4.39 Å². The quantitative estimate of drug-likeness (QED) is 0.455. The summed E-state index contributed by atoms with van der Waals surface area (Å²) in [5.41, 5.74) is -0.168. The molecule has 0 fully saturated rings. The third kappa shape index (κ3) is 4.03. The summed E-state index contributed by atoms with van der Waals surface area (Å²) in [6.45, 7) is 3.68. The van der Waals surface area contributed by atoms with Gasteiger partial charge in [-0.3, -0.25) is 9.59 Å². The van der Waals surface area contributed by atoms with Crippen molar-refractivity contribution in [1.82, 2.24) is 0 Å². The summed E-state index contributed by atoms with van der Waals surface area (Å²) in [6.07, 6.45) is 0.945. The molecule has 3 nitrogen and oxygen atoms in total. The van der Waals surface area contributed by atoms with Gasteiger partial charge in [0.15, 0.2) is 5.78 Å². The molecular formula is C14H16ClFO3. The molecule has 0 saturated carbocycles. The molecule has 1 aromatic carbocycles. The molecule has 0 N–H and O–H groups in total. The zero-order valence-electron chi connectivity index (χ0n) is 10.9. The lowest BCUT2D eigenvalue weighted by molar-refractivity contribution is -0.146. The van der Waals surface area contributed by atoms with Gasteiger partial charge in [-0.05, 0) is 31.5 Å². The Morgan fingerprint density at radius 3 is 2.63 bits per heavy atom. The number of hydrogen-bond donors (Lipinski definition) is 0. The largest absolute Gasteiger partial charge is 0.465 e. The number of benzene rings is 1. The zero-order chi connectivity index (χ0) is 14.4. The summed E-state index contributed by atoms with van der Waals surface area (Å²) in [4.78, 5) is 24.0. The molecule has 1 atom stereocenters. The second kappa shape index (κ2) is 7.24. The normalized spacial score (nSPS) is 12.0. The second-order valence-electron chi connectivity index (χ2n) is 4.08. The fraction of sp³-hybridized carbons (Fsp3) is 0.429. The minimum absolute atomic E-state index is 0.168. The summed E-state index contributed by atoms with van der Waals surface area (Å²) < 4.78 is 18.5. The first-order valence-electron chi connectivity index (χ1n) is 6.17. The van der Waals surface area contributed by atoms with Crippen molar-refractivity contribution in [2.24, 2.45) is 5.92 Å². The van der Waals surface area contributed by atoms with Gasteiger partial charge >= 0.3 is 5.97 Å². The van der Waals surface area contributed by atoms with E-state index in [1.54, 1.807) is 6.92 Å². The summed E-state index contributed by atoms with van der Waals surface area (Å²) in [6, 6.07) is 3.71. The maximum Gasteiger partial charge on any atom is 0.316 e. The lowest BCUT2D eigenvalue weighted by Gasteiger charge is -2.14. The third-order valence-corrected chi connectivity index (χ3v) is 2.89. The standard InChI is InChI=1S/C14H16ClFO3/c1-3-5-10(14(18)19-4-2)13(17)11-8-9(15)6-7-12(11)16/h6-8,10H,3-5H2,1-2H3. The van der Waals surface area contributed by atoms with Crippen molar-refractivity contribution in [3.05, 3.63) is 34.6 Å². The van der Waals surface area contributed by atoms with Gasteiger partial charge in [-0.1, -0.05) is 24.9 Å². The Balaban J connectivity index is 3.05. The van der Waals surface area contributed by atoms with E-state index in [1.807, 2.05) is 6.92 Å². The lowest BCUT2D eigenvalue weighted by Crippen LogP contribution is -2.27. The van der Waals surface area contributed by atoms with E-state index < -0.39 is 23.5 Å². The number of Topliss-reactive ketones (excluding diaryl/α,β-unsaturated/α-hetero) is 1. The predicted molar refractivity (Wildman–Crippen MR) is 70.8 cm³/mol. The van der Waals surface area contributed by atoms with Crippen molar-refractivity contribution in [2.75, 3.05) is 6.61 Å². The lowest BCUT2D eigenvalue weighted by atomic mass is 9.93. The summed E-state index contributed by atoms with van der Waals surface area (Å²) in [5.74, 6) is -2.85. The van der Waals surface area contributed by atoms with Crippen LogP contribution in [0.5, 0.6) is 0 Å². The highest BCUT2D eigenvalue weighted by molar-refractivity contribution is 6.31. The van der Waals surface area contributed by atoms with Gasteiger partial charge in [-0.15, -0.1) is 0 Å². The maximum atomic E-state index is 13.6. The monoisotopic (exact) mass is 286 g/mol. The van der Waals surface area contributed by atoms with Crippen molar-refractivity contribution in [1.29, 1.82) is 0 Å². The van der Waals surface area contributed by atoms with Crippen LogP contribution in [0.3, 0.4) is 0 Å². The molecule has 1 aromatic rings. The Morgan fingerprint density at radius 2 is 2.05 bits per heavy atom. The van der Waals surface area contributed by atoms with Gasteiger partial charge in [0.25, 0.3) is 0 Å². The number of carbonyl (C=O) groups excluding carboxylic acids is 2. The summed E-state index contributed by atoms with van der Waals surface area (Å²) >= 11 is 5.75. The first-order chi connectivity index (χ1) is 9.01. The van der Waals surface area contributed by atoms with Crippen molar-refractivity contribution in [2.45, 2.75) is 26.7 Å². The van der Waals surface area contributed by atoms with E-state index in [4.69, 9.17) is 16.3 Å². The molecule has 0 amide bonds. The van der Waals surface area contributed by atoms with Gasteiger partial charge in [0.1, 0.15) is 11.7 Å². The van der Waals surface area contributed by atoms with Gasteiger partial charge < -0.3 is 4.74 Å². The average molecular weight is 287 g/mol. The molecule has 5 heteroatoms. The first kappa shape index (κ1) is 15.6. The van der Waals surface area contributed by atoms with Crippen LogP contribution in [0.2, 0.25) is 5.02 Å². The van der Waals surface area contributed by atoms with E-state index in [-0.39, 0.29) is 17.2 Å². The van der Waals surface area contributed by atoms with E-state index in [0.717, 1.165) is 6.07 Å². The minimum Gasteiger partial charge on any atom is -0.465 e. The fourth-order valence-corrected chi connectivity index (χ4v) is 1.93. The smallest absolute Gasteiger partial charge is 0.316 e. The number of carbonyl (C=O) groups is 2. The number of ether oxygens (including phenoxy) is 1. The van der Waals surface area contributed by atoms with Crippen LogP contribution in [0.4, 0.5) is 4.39 Å². The molecule has 0 aliphatic carbocycles. The second-order valence-corrected chi connectivity index (χ2v) is 4.52. The van der Waals surface area contributed by atoms with Crippen LogP contribution in [0.15, 0.2) is 18.2 Å². The molecular weight excluding hydrogens is 271 g/mol. The van der Waals surface area contributed by atoms with Crippen LogP contribution < -0.4 is 0 Å². The number of halogens is 2. The Labute approximate surface area is 116 Å². The van der Waals surface area contributed by atoms with Crippen LogP contribution >= 0.6 is 11.6 Å². The number of ketones is 1. The molecule has 0 aliphatic heterocycles. The summed E-state index contributed by atoms with van der Waals surface area (Å²) in [5, 5.41) is 0.254. The Bertz CT molecular complexity index is 474. The third-order valence-electron chi connectivity index (χ3n) is 2.66. The highest BCUT2D eigenvalue weighted by atomic mass is 35.5. The topological polar surface area (TPSA) is 43.4 Å². The van der Waals surface area contributed by atoms with Crippen molar-refractivity contribution in [3.8, 4) is 0 Å². The van der Waals surface area contributed by atoms with Gasteiger partial charge in [0.2, 0.25) is 0 Å². The van der Waals surface area contributed by atoms with E-state index in [0.29, 0.717) is 12.8 Å². The Hall–Kier alpha value is -1.42.